The van der Waals surface area contributed by atoms with E-state index in [1.807, 2.05) is 0 Å². The molecular formula is C11H17BrN4. The third-order valence-corrected chi connectivity index (χ3v) is 4.28. The monoisotopic (exact) mass is 284 g/mol. The maximum absolute atomic E-state index is 4.65. The Morgan fingerprint density at radius 1 is 1.50 bits per heavy atom. The maximum Gasteiger partial charge on any atom is 0.132 e. The summed E-state index contributed by atoms with van der Waals surface area (Å²) in [5.41, 5.74) is 2.80. The summed E-state index contributed by atoms with van der Waals surface area (Å²) in [4.78, 5) is 2.45. The van der Waals surface area contributed by atoms with Crippen molar-refractivity contribution < 1.29 is 0 Å². The molecule has 0 atom stereocenters. The molecule has 88 valence electrons. The van der Waals surface area contributed by atoms with Crippen molar-refractivity contribution in [3.8, 4) is 0 Å². The smallest absolute Gasteiger partial charge is 0.132 e. The minimum Gasteiger partial charge on any atom is -0.312 e. The van der Waals surface area contributed by atoms with Crippen LogP contribution in [0.1, 0.15) is 24.2 Å². The summed E-state index contributed by atoms with van der Waals surface area (Å²) in [7, 11) is 0. The van der Waals surface area contributed by atoms with Crippen LogP contribution in [0.2, 0.25) is 0 Å². The van der Waals surface area contributed by atoms with Gasteiger partial charge in [0.25, 0.3) is 0 Å². The first-order valence-corrected chi connectivity index (χ1v) is 6.77. The summed E-state index contributed by atoms with van der Waals surface area (Å²) in [6, 6.07) is 0.595. The van der Waals surface area contributed by atoms with Crippen molar-refractivity contribution in [3.05, 3.63) is 15.9 Å². The van der Waals surface area contributed by atoms with E-state index in [4.69, 9.17) is 0 Å². The lowest BCUT2D eigenvalue weighted by Crippen LogP contribution is -2.48. The molecule has 2 aliphatic heterocycles. The van der Waals surface area contributed by atoms with Gasteiger partial charge in [0.2, 0.25) is 0 Å². The Morgan fingerprint density at radius 2 is 2.31 bits per heavy atom. The van der Waals surface area contributed by atoms with Gasteiger partial charge in [0, 0.05) is 43.9 Å². The van der Waals surface area contributed by atoms with Gasteiger partial charge >= 0.3 is 0 Å². The molecule has 5 heteroatoms. The van der Waals surface area contributed by atoms with Gasteiger partial charge in [-0.05, 0) is 22.5 Å². The van der Waals surface area contributed by atoms with Crippen LogP contribution in [-0.2, 0) is 13.0 Å². The van der Waals surface area contributed by atoms with Crippen LogP contribution >= 0.6 is 15.9 Å². The zero-order valence-electron chi connectivity index (χ0n) is 9.54. The normalized spacial score (nSPS) is 21.9. The number of hydrogen-bond donors (Lipinski definition) is 1. The number of likely N-dealkylation sites (tertiary alicyclic amines) is 1. The van der Waals surface area contributed by atoms with E-state index < -0.39 is 0 Å². The Labute approximate surface area is 104 Å². The number of nitrogens with zero attached hydrogens (tertiary/aromatic N) is 3. The molecule has 0 aromatic carbocycles. The van der Waals surface area contributed by atoms with Gasteiger partial charge in [0.15, 0.2) is 0 Å². The van der Waals surface area contributed by atoms with Gasteiger partial charge in [0.1, 0.15) is 4.60 Å². The quantitative estimate of drug-likeness (QED) is 0.885. The number of likely N-dealkylation sites (N-methyl/N-ethyl adjacent to an activating group) is 1. The molecule has 1 aromatic heterocycles. The molecule has 3 rings (SSSR count). The van der Waals surface area contributed by atoms with Crippen LogP contribution in [-0.4, -0.2) is 40.9 Å². The van der Waals surface area contributed by atoms with Crippen molar-refractivity contribution >= 4 is 15.9 Å². The summed E-state index contributed by atoms with van der Waals surface area (Å²) < 4.78 is 3.29. The predicted octanol–water partition coefficient (Wildman–Crippen LogP) is 1.17. The lowest BCUT2D eigenvalue weighted by Gasteiger charge is -2.39. The zero-order chi connectivity index (χ0) is 11.1. The van der Waals surface area contributed by atoms with Crippen LogP contribution in [0.25, 0.3) is 0 Å². The number of nitrogens with one attached hydrogen (secondary N) is 1. The van der Waals surface area contributed by atoms with E-state index in [1.54, 1.807) is 0 Å². The Bertz CT molecular complexity index is 395. The topological polar surface area (TPSA) is 33.1 Å². The molecule has 1 fully saturated rings. The fourth-order valence-electron chi connectivity index (χ4n) is 2.59. The SMILES string of the molecule is CCN1CC(n2nc(Br)c3c2CCNC3)C1. The Balaban J connectivity index is 1.85. The summed E-state index contributed by atoms with van der Waals surface area (Å²) in [6.45, 7) is 7.72. The molecule has 3 heterocycles. The molecular weight excluding hydrogens is 268 g/mol. The zero-order valence-corrected chi connectivity index (χ0v) is 11.1. The average Bonchev–Trinajstić information content (AvgIpc) is 2.56. The minimum atomic E-state index is 0.595. The van der Waals surface area contributed by atoms with E-state index in [0.717, 1.165) is 43.7 Å². The van der Waals surface area contributed by atoms with Crippen molar-refractivity contribution in [1.29, 1.82) is 0 Å². The second-order valence-electron chi connectivity index (χ2n) is 4.59. The molecule has 16 heavy (non-hydrogen) atoms. The standard InChI is InChI=1S/C11H17BrN4/c1-2-15-6-8(7-15)16-10-3-4-13-5-9(10)11(12)14-16/h8,13H,2-7H2,1H3. The molecule has 1 N–H and O–H groups in total. The summed E-state index contributed by atoms with van der Waals surface area (Å²) in [5, 5.41) is 8.05. The highest BCUT2D eigenvalue weighted by Gasteiger charge is 2.31. The number of rotatable bonds is 2. The van der Waals surface area contributed by atoms with Gasteiger partial charge in [-0.2, -0.15) is 5.10 Å². The van der Waals surface area contributed by atoms with Crippen molar-refractivity contribution in [2.45, 2.75) is 25.9 Å². The highest BCUT2D eigenvalue weighted by molar-refractivity contribution is 9.10. The van der Waals surface area contributed by atoms with Gasteiger partial charge in [-0.1, -0.05) is 6.92 Å². The second kappa shape index (κ2) is 4.13. The van der Waals surface area contributed by atoms with E-state index in [9.17, 15) is 0 Å². The molecule has 4 nitrogen and oxygen atoms in total. The molecule has 0 unspecified atom stereocenters. The van der Waals surface area contributed by atoms with Crippen molar-refractivity contribution in [1.82, 2.24) is 20.0 Å². The molecule has 1 aromatic rings. The minimum absolute atomic E-state index is 0.595. The van der Waals surface area contributed by atoms with Crippen LogP contribution in [0.4, 0.5) is 0 Å². The Morgan fingerprint density at radius 3 is 3.06 bits per heavy atom. The largest absolute Gasteiger partial charge is 0.312 e. The average molecular weight is 285 g/mol. The Kier molecular flexibility index (Phi) is 2.77. The van der Waals surface area contributed by atoms with Crippen LogP contribution in [0.15, 0.2) is 4.60 Å². The van der Waals surface area contributed by atoms with Crippen molar-refractivity contribution in [2.75, 3.05) is 26.2 Å². The van der Waals surface area contributed by atoms with E-state index >= 15 is 0 Å². The third-order valence-electron chi connectivity index (χ3n) is 3.64. The molecule has 0 bridgehead atoms. The van der Waals surface area contributed by atoms with Gasteiger partial charge in [-0.15, -0.1) is 0 Å². The van der Waals surface area contributed by atoms with E-state index in [1.165, 1.54) is 11.3 Å². The molecule has 0 aliphatic carbocycles. The summed E-state index contributed by atoms with van der Waals surface area (Å²) in [5.74, 6) is 0. The number of fused-ring (bicyclic) bond motifs is 1. The van der Waals surface area contributed by atoms with E-state index in [2.05, 4.69) is 42.9 Å². The van der Waals surface area contributed by atoms with Crippen molar-refractivity contribution in [3.63, 3.8) is 0 Å². The number of aromatic nitrogens is 2. The summed E-state index contributed by atoms with van der Waals surface area (Å²) in [6.07, 6.45) is 1.11. The van der Waals surface area contributed by atoms with Gasteiger partial charge < -0.3 is 5.32 Å². The fraction of sp³-hybridized carbons (Fsp3) is 0.727. The third kappa shape index (κ3) is 1.61. The first-order valence-electron chi connectivity index (χ1n) is 5.98. The van der Waals surface area contributed by atoms with Crippen LogP contribution in [0.3, 0.4) is 0 Å². The second-order valence-corrected chi connectivity index (χ2v) is 5.34. The van der Waals surface area contributed by atoms with Crippen LogP contribution in [0.5, 0.6) is 0 Å². The molecule has 0 radical (unpaired) electrons. The summed E-state index contributed by atoms with van der Waals surface area (Å²) >= 11 is 3.57. The molecule has 0 amide bonds. The maximum atomic E-state index is 4.65. The Hall–Kier alpha value is -0.390. The van der Waals surface area contributed by atoms with Crippen LogP contribution < -0.4 is 5.32 Å². The van der Waals surface area contributed by atoms with Crippen LogP contribution in [0, 0.1) is 0 Å². The first kappa shape index (κ1) is 10.7. The lowest BCUT2D eigenvalue weighted by atomic mass is 10.1. The molecule has 2 aliphatic rings. The van der Waals surface area contributed by atoms with Gasteiger partial charge in [0.05, 0.1) is 6.04 Å². The number of halogens is 1. The highest BCUT2D eigenvalue weighted by atomic mass is 79.9. The predicted molar refractivity (Wildman–Crippen MR) is 66.5 cm³/mol. The lowest BCUT2D eigenvalue weighted by molar-refractivity contribution is 0.103. The fourth-order valence-corrected chi connectivity index (χ4v) is 3.13. The highest BCUT2D eigenvalue weighted by Crippen LogP contribution is 2.29. The van der Waals surface area contributed by atoms with Gasteiger partial charge in [-0.25, -0.2) is 0 Å². The molecule has 0 saturated carbocycles. The first-order chi connectivity index (χ1) is 7.79. The molecule has 0 spiro atoms. The van der Waals surface area contributed by atoms with E-state index in [-0.39, 0.29) is 0 Å². The van der Waals surface area contributed by atoms with Crippen molar-refractivity contribution in [2.24, 2.45) is 0 Å². The molecule has 1 saturated heterocycles. The van der Waals surface area contributed by atoms with Gasteiger partial charge in [-0.3, -0.25) is 9.58 Å². The number of hydrogen-bond acceptors (Lipinski definition) is 3. The van der Waals surface area contributed by atoms with E-state index in [0.29, 0.717) is 6.04 Å².